The molecule has 1 aliphatic rings. The van der Waals surface area contributed by atoms with Crippen molar-refractivity contribution >= 4 is 20.6 Å². The van der Waals surface area contributed by atoms with Crippen LogP contribution in [-0.4, -0.2) is 34.3 Å². The number of nitrogens with one attached hydrogen (secondary N) is 1. The maximum Gasteiger partial charge on any atom is 0.265 e. The lowest BCUT2D eigenvalue weighted by molar-refractivity contribution is -0.125. The summed E-state index contributed by atoms with van der Waals surface area (Å²) in [6, 6.07) is 5.42. The standard InChI is InChI=1S/C17H27NO4Si/c1-17(2,3)15(22-23(5)6)10-14-16(19)18-12-9-11(20-4)7-8-13(12)21-14/h7-9,14-15,23H,10H2,1-6H3,(H,18,19). The Balaban J connectivity index is 2.15. The SMILES string of the molecule is COc1ccc2c(c1)NC(=O)C(CC(O[SiH](C)C)C(C)(C)C)O2. The van der Waals surface area contributed by atoms with Crippen molar-refractivity contribution in [2.24, 2.45) is 5.41 Å². The van der Waals surface area contributed by atoms with Crippen LogP contribution in [0, 0.1) is 5.41 Å². The summed E-state index contributed by atoms with van der Waals surface area (Å²) >= 11 is 0. The maximum absolute atomic E-state index is 12.4. The van der Waals surface area contributed by atoms with E-state index in [-0.39, 0.29) is 17.4 Å². The monoisotopic (exact) mass is 337 g/mol. The number of methoxy groups -OCH3 is 1. The number of anilines is 1. The Labute approximate surface area is 140 Å². The molecule has 1 N–H and O–H groups in total. The zero-order valence-corrected chi connectivity index (χ0v) is 16.0. The Morgan fingerprint density at radius 1 is 1.35 bits per heavy atom. The Hall–Kier alpha value is -1.53. The van der Waals surface area contributed by atoms with Crippen LogP contribution in [0.2, 0.25) is 13.1 Å². The molecule has 0 saturated carbocycles. The number of hydrogen-bond donors (Lipinski definition) is 1. The molecule has 1 aromatic rings. The van der Waals surface area contributed by atoms with Gasteiger partial charge in [-0.15, -0.1) is 0 Å². The quantitative estimate of drug-likeness (QED) is 0.838. The highest BCUT2D eigenvalue weighted by molar-refractivity contribution is 6.48. The highest BCUT2D eigenvalue weighted by Gasteiger charge is 2.35. The summed E-state index contributed by atoms with van der Waals surface area (Å²) in [6.07, 6.45) is 0.00370. The number of carbonyl (C=O) groups excluding carboxylic acids is 1. The Morgan fingerprint density at radius 2 is 2.04 bits per heavy atom. The van der Waals surface area contributed by atoms with E-state index in [4.69, 9.17) is 13.9 Å². The van der Waals surface area contributed by atoms with Gasteiger partial charge in [0.05, 0.1) is 18.9 Å². The Kier molecular flexibility index (Phi) is 5.36. The van der Waals surface area contributed by atoms with Gasteiger partial charge in [-0.2, -0.15) is 0 Å². The lowest BCUT2D eigenvalue weighted by Gasteiger charge is -2.36. The predicted molar refractivity (Wildman–Crippen MR) is 93.9 cm³/mol. The van der Waals surface area contributed by atoms with Gasteiger partial charge >= 0.3 is 0 Å². The highest BCUT2D eigenvalue weighted by atomic mass is 28.3. The number of hydrogen-bond acceptors (Lipinski definition) is 4. The largest absolute Gasteiger partial charge is 0.497 e. The summed E-state index contributed by atoms with van der Waals surface area (Å²) in [7, 11) is 0.392. The van der Waals surface area contributed by atoms with E-state index in [9.17, 15) is 4.79 Å². The second-order valence-corrected chi connectivity index (χ2v) is 9.60. The molecule has 6 heteroatoms. The molecule has 5 nitrogen and oxygen atoms in total. The van der Waals surface area contributed by atoms with E-state index in [0.29, 0.717) is 23.6 Å². The Morgan fingerprint density at radius 3 is 2.61 bits per heavy atom. The smallest absolute Gasteiger partial charge is 0.265 e. The number of amides is 1. The third-order valence-corrected chi connectivity index (χ3v) is 4.71. The minimum atomic E-state index is -1.20. The van der Waals surface area contributed by atoms with Crippen molar-refractivity contribution in [3.05, 3.63) is 18.2 Å². The second-order valence-electron chi connectivity index (χ2n) is 7.23. The van der Waals surface area contributed by atoms with Gasteiger partial charge in [-0.3, -0.25) is 4.79 Å². The van der Waals surface area contributed by atoms with Crippen LogP contribution in [0.1, 0.15) is 27.2 Å². The van der Waals surface area contributed by atoms with Crippen LogP contribution in [0.3, 0.4) is 0 Å². The van der Waals surface area contributed by atoms with Crippen molar-refractivity contribution in [2.45, 2.75) is 52.5 Å². The average Bonchev–Trinajstić information content (AvgIpc) is 2.45. The molecule has 23 heavy (non-hydrogen) atoms. The van der Waals surface area contributed by atoms with Gasteiger partial charge in [0, 0.05) is 12.5 Å². The number of ether oxygens (including phenoxy) is 2. The summed E-state index contributed by atoms with van der Waals surface area (Å²) in [5.74, 6) is 1.23. The molecule has 2 rings (SSSR count). The van der Waals surface area contributed by atoms with Gasteiger partial charge in [-0.1, -0.05) is 20.8 Å². The van der Waals surface area contributed by atoms with Gasteiger partial charge in [0.1, 0.15) is 11.5 Å². The lowest BCUT2D eigenvalue weighted by atomic mass is 9.85. The molecular weight excluding hydrogens is 310 g/mol. The minimum Gasteiger partial charge on any atom is -0.497 e. The van der Waals surface area contributed by atoms with Crippen LogP contribution in [0.5, 0.6) is 11.5 Å². The summed E-state index contributed by atoms with van der Waals surface area (Å²) in [5.41, 5.74) is 0.609. The lowest BCUT2D eigenvalue weighted by Crippen LogP contribution is -2.44. The van der Waals surface area contributed by atoms with E-state index in [2.05, 4.69) is 39.2 Å². The molecule has 0 spiro atoms. The van der Waals surface area contributed by atoms with E-state index >= 15 is 0 Å². The number of rotatable bonds is 5. The summed E-state index contributed by atoms with van der Waals surface area (Å²) in [5, 5.41) is 2.91. The van der Waals surface area contributed by atoms with Crippen molar-refractivity contribution in [2.75, 3.05) is 12.4 Å². The minimum absolute atomic E-state index is 0.00952. The first-order valence-electron chi connectivity index (χ1n) is 8.01. The normalized spacial score (nSPS) is 18.9. The number of benzene rings is 1. The zero-order chi connectivity index (χ0) is 17.2. The maximum atomic E-state index is 12.4. The van der Waals surface area contributed by atoms with E-state index in [0.717, 1.165) is 0 Å². The van der Waals surface area contributed by atoms with Gasteiger partial charge in [0.25, 0.3) is 5.91 Å². The third-order valence-electron chi connectivity index (χ3n) is 3.84. The topological polar surface area (TPSA) is 56.8 Å². The van der Waals surface area contributed by atoms with E-state index in [1.165, 1.54) is 0 Å². The number of fused-ring (bicyclic) bond motifs is 1. The molecule has 2 atom stereocenters. The van der Waals surface area contributed by atoms with Crippen LogP contribution in [0.25, 0.3) is 0 Å². The third kappa shape index (κ3) is 4.48. The van der Waals surface area contributed by atoms with Crippen LogP contribution in [-0.2, 0) is 9.22 Å². The zero-order valence-electron chi connectivity index (χ0n) is 14.8. The molecule has 0 aromatic heterocycles. The Bertz CT molecular complexity index is 568. The molecule has 1 aliphatic heterocycles. The van der Waals surface area contributed by atoms with Crippen LogP contribution < -0.4 is 14.8 Å². The molecule has 0 saturated heterocycles. The molecule has 1 aromatic carbocycles. The second kappa shape index (κ2) is 6.92. The first kappa shape index (κ1) is 17.8. The fraction of sp³-hybridized carbons (Fsp3) is 0.588. The highest BCUT2D eigenvalue weighted by Crippen LogP contribution is 2.35. The van der Waals surface area contributed by atoms with Crippen molar-refractivity contribution in [1.82, 2.24) is 0 Å². The molecule has 0 bridgehead atoms. The van der Waals surface area contributed by atoms with Crippen molar-refractivity contribution < 1.29 is 18.7 Å². The van der Waals surface area contributed by atoms with Crippen LogP contribution >= 0.6 is 0 Å². The van der Waals surface area contributed by atoms with E-state index in [1.807, 2.05) is 12.1 Å². The summed E-state index contributed by atoms with van der Waals surface area (Å²) in [6.45, 7) is 10.7. The fourth-order valence-electron chi connectivity index (χ4n) is 2.55. The molecule has 128 valence electrons. The molecular formula is C17H27NO4Si. The average molecular weight is 337 g/mol. The number of carbonyl (C=O) groups is 1. The van der Waals surface area contributed by atoms with Crippen molar-refractivity contribution in [3.63, 3.8) is 0 Å². The summed E-state index contributed by atoms with van der Waals surface area (Å²) in [4.78, 5) is 12.4. The molecule has 1 heterocycles. The van der Waals surface area contributed by atoms with Crippen LogP contribution in [0.15, 0.2) is 18.2 Å². The van der Waals surface area contributed by atoms with Gasteiger partial charge < -0.3 is 19.2 Å². The first-order chi connectivity index (χ1) is 10.7. The van der Waals surface area contributed by atoms with Crippen LogP contribution in [0.4, 0.5) is 5.69 Å². The predicted octanol–water partition coefficient (Wildman–Crippen LogP) is 3.20. The van der Waals surface area contributed by atoms with Crippen molar-refractivity contribution in [3.8, 4) is 11.5 Å². The van der Waals surface area contributed by atoms with Crippen molar-refractivity contribution in [1.29, 1.82) is 0 Å². The molecule has 0 aliphatic carbocycles. The van der Waals surface area contributed by atoms with Gasteiger partial charge in [-0.05, 0) is 30.6 Å². The van der Waals surface area contributed by atoms with E-state index in [1.54, 1.807) is 13.2 Å². The molecule has 0 radical (unpaired) electrons. The fourth-order valence-corrected chi connectivity index (χ4v) is 3.72. The first-order valence-corrected chi connectivity index (χ1v) is 10.8. The van der Waals surface area contributed by atoms with E-state index < -0.39 is 15.1 Å². The van der Waals surface area contributed by atoms with Gasteiger partial charge in [0.2, 0.25) is 0 Å². The molecule has 1 amide bonds. The van der Waals surface area contributed by atoms with Gasteiger partial charge in [-0.25, -0.2) is 0 Å². The molecule has 0 fully saturated rings. The molecule has 2 unspecified atom stereocenters. The summed E-state index contributed by atoms with van der Waals surface area (Å²) < 4.78 is 17.2. The van der Waals surface area contributed by atoms with Gasteiger partial charge in [0.15, 0.2) is 15.1 Å².